The number of carbonyl (C=O) groups excluding carboxylic acids is 1. The van der Waals surface area contributed by atoms with Gasteiger partial charge >= 0.3 is 0 Å². The normalized spacial score (nSPS) is 10.7. The number of aromatic nitrogens is 3. The lowest BCUT2D eigenvalue weighted by molar-refractivity contribution is -0.115. The van der Waals surface area contributed by atoms with Gasteiger partial charge in [-0.15, -0.1) is 5.10 Å². The van der Waals surface area contributed by atoms with Gasteiger partial charge in [-0.05, 0) is 36.8 Å². The predicted molar refractivity (Wildman–Crippen MR) is 77.4 cm³/mol. The Balaban J connectivity index is 1.76. The highest BCUT2D eigenvalue weighted by Crippen LogP contribution is 2.18. The third kappa shape index (κ3) is 2.51. The Morgan fingerprint density at radius 2 is 2.10 bits per heavy atom. The number of benzene rings is 1. The zero-order valence-corrected chi connectivity index (χ0v) is 11.1. The minimum atomic E-state index is -0.100. The van der Waals surface area contributed by atoms with Gasteiger partial charge in [-0.25, -0.2) is 0 Å². The lowest BCUT2D eigenvalue weighted by Crippen LogP contribution is -2.15. The number of hydrogen-bond donors (Lipinski definition) is 2. The number of aromatic amines is 1. The molecule has 3 aromatic rings. The molecule has 1 aromatic carbocycles. The number of H-pyrrole nitrogens is 1. The number of nitrogens with zero attached hydrogens (tertiary/aromatic N) is 2. The average molecular weight is 266 g/mol. The maximum atomic E-state index is 12.0. The summed E-state index contributed by atoms with van der Waals surface area (Å²) in [6.07, 6.45) is 2.18. The van der Waals surface area contributed by atoms with Crippen molar-refractivity contribution in [2.24, 2.45) is 0 Å². The molecule has 5 nitrogen and oxygen atoms in total. The maximum absolute atomic E-state index is 12.0. The van der Waals surface area contributed by atoms with Crippen molar-refractivity contribution in [2.75, 3.05) is 5.32 Å². The molecule has 0 saturated carbocycles. The molecule has 2 heterocycles. The van der Waals surface area contributed by atoms with Gasteiger partial charge in [0.1, 0.15) is 0 Å². The van der Waals surface area contributed by atoms with Crippen LogP contribution in [0.5, 0.6) is 0 Å². The minimum absolute atomic E-state index is 0.100. The standard InChI is InChI=1S/C15H14N4O/c1-10-5-6-14(19-18-10)17-15(20)9-11-3-2-4-13-12(11)7-8-16-13/h2-8,16H,9H2,1H3,(H,17,19,20). The van der Waals surface area contributed by atoms with E-state index < -0.39 is 0 Å². The second kappa shape index (κ2) is 5.13. The van der Waals surface area contributed by atoms with Crippen LogP contribution < -0.4 is 5.32 Å². The summed E-state index contributed by atoms with van der Waals surface area (Å²) >= 11 is 0. The molecule has 0 fully saturated rings. The van der Waals surface area contributed by atoms with Crippen molar-refractivity contribution in [3.05, 3.63) is 53.9 Å². The first-order valence-electron chi connectivity index (χ1n) is 6.37. The summed E-state index contributed by atoms with van der Waals surface area (Å²) in [6, 6.07) is 11.4. The van der Waals surface area contributed by atoms with Crippen LogP contribution in [0.1, 0.15) is 11.3 Å². The molecule has 5 heteroatoms. The topological polar surface area (TPSA) is 70.7 Å². The van der Waals surface area contributed by atoms with Crippen LogP contribution >= 0.6 is 0 Å². The summed E-state index contributed by atoms with van der Waals surface area (Å²) in [5, 5.41) is 11.7. The van der Waals surface area contributed by atoms with E-state index >= 15 is 0 Å². The minimum Gasteiger partial charge on any atom is -0.361 e. The van der Waals surface area contributed by atoms with Crippen LogP contribution in [0.3, 0.4) is 0 Å². The molecule has 0 aliphatic rings. The Hall–Kier alpha value is -2.69. The van der Waals surface area contributed by atoms with E-state index in [9.17, 15) is 4.79 Å². The van der Waals surface area contributed by atoms with Crippen LogP contribution in [0.15, 0.2) is 42.6 Å². The Morgan fingerprint density at radius 3 is 2.90 bits per heavy atom. The molecule has 100 valence electrons. The van der Waals surface area contributed by atoms with Crippen molar-refractivity contribution in [1.29, 1.82) is 0 Å². The number of hydrogen-bond acceptors (Lipinski definition) is 3. The second-order valence-electron chi connectivity index (χ2n) is 4.64. The fraction of sp³-hybridized carbons (Fsp3) is 0.133. The molecule has 0 saturated heterocycles. The van der Waals surface area contributed by atoms with Gasteiger partial charge in [0.25, 0.3) is 0 Å². The largest absolute Gasteiger partial charge is 0.361 e. The van der Waals surface area contributed by atoms with Crippen molar-refractivity contribution in [3.63, 3.8) is 0 Å². The van der Waals surface area contributed by atoms with E-state index in [1.807, 2.05) is 43.5 Å². The molecule has 2 N–H and O–H groups in total. The molecule has 0 radical (unpaired) electrons. The lowest BCUT2D eigenvalue weighted by atomic mass is 10.1. The molecule has 0 bridgehead atoms. The zero-order valence-electron chi connectivity index (χ0n) is 11.1. The number of nitrogens with one attached hydrogen (secondary N) is 2. The van der Waals surface area contributed by atoms with Crippen LogP contribution in [0.2, 0.25) is 0 Å². The molecule has 2 aromatic heterocycles. The molecule has 0 aliphatic carbocycles. The maximum Gasteiger partial charge on any atom is 0.230 e. The highest BCUT2D eigenvalue weighted by atomic mass is 16.1. The van der Waals surface area contributed by atoms with Crippen LogP contribution in [0.4, 0.5) is 5.82 Å². The fourth-order valence-corrected chi connectivity index (χ4v) is 2.13. The SMILES string of the molecule is Cc1ccc(NC(=O)Cc2cccc3[nH]ccc23)nn1. The van der Waals surface area contributed by atoms with E-state index in [2.05, 4.69) is 20.5 Å². The Morgan fingerprint density at radius 1 is 1.20 bits per heavy atom. The predicted octanol–water partition coefficient (Wildman–Crippen LogP) is 2.45. The highest BCUT2D eigenvalue weighted by molar-refractivity contribution is 5.94. The van der Waals surface area contributed by atoms with Gasteiger partial charge in [0.05, 0.1) is 12.1 Å². The summed E-state index contributed by atoms with van der Waals surface area (Å²) in [5.74, 6) is 0.374. The van der Waals surface area contributed by atoms with Crippen molar-refractivity contribution >= 4 is 22.6 Å². The van der Waals surface area contributed by atoms with E-state index in [-0.39, 0.29) is 5.91 Å². The van der Waals surface area contributed by atoms with E-state index in [4.69, 9.17) is 0 Å². The number of rotatable bonds is 3. The molecule has 0 aliphatic heterocycles. The molecular formula is C15H14N4O. The monoisotopic (exact) mass is 266 g/mol. The van der Waals surface area contributed by atoms with Crippen molar-refractivity contribution in [2.45, 2.75) is 13.3 Å². The number of fused-ring (bicyclic) bond motifs is 1. The van der Waals surface area contributed by atoms with Gasteiger partial charge in [0.2, 0.25) is 5.91 Å². The van der Waals surface area contributed by atoms with Crippen LogP contribution in [0, 0.1) is 6.92 Å². The van der Waals surface area contributed by atoms with E-state index in [1.165, 1.54) is 0 Å². The number of carbonyl (C=O) groups is 1. The van der Waals surface area contributed by atoms with Gasteiger partial charge in [-0.2, -0.15) is 5.10 Å². The van der Waals surface area contributed by atoms with Gasteiger partial charge in [0, 0.05) is 17.1 Å². The highest BCUT2D eigenvalue weighted by Gasteiger charge is 2.08. The van der Waals surface area contributed by atoms with E-state index in [0.717, 1.165) is 22.2 Å². The Bertz CT molecular complexity index is 746. The summed E-state index contributed by atoms with van der Waals surface area (Å²) in [5.41, 5.74) is 2.84. The molecule has 0 spiro atoms. The number of aryl methyl sites for hydroxylation is 1. The first kappa shape index (κ1) is 12.3. The van der Waals surface area contributed by atoms with Gasteiger partial charge < -0.3 is 10.3 Å². The first-order chi connectivity index (χ1) is 9.72. The molecule has 0 atom stereocenters. The quantitative estimate of drug-likeness (QED) is 0.765. The second-order valence-corrected chi connectivity index (χ2v) is 4.64. The van der Waals surface area contributed by atoms with Crippen LogP contribution in [-0.2, 0) is 11.2 Å². The lowest BCUT2D eigenvalue weighted by Gasteiger charge is -2.05. The summed E-state index contributed by atoms with van der Waals surface area (Å²) < 4.78 is 0. The fourth-order valence-electron chi connectivity index (χ4n) is 2.13. The van der Waals surface area contributed by atoms with Gasteiger partial charge in [-0.3, -0.25) is 4.79 Å². The summed E-state index contributed by atoms with van der Waals surface area (Å²) in [7, 11) is 0. The number of amides is 1. The Labute approximate surface area is 116 Å². The average Bonchev–Trinajstić information content (AvgIpc) is 2.91. The van der Waals surface area contributed by atoms with E-state index in [1.54, 1.807) is 6.07 Å². The third-order valence-electron chi connectivity index (χ3n) is 3.10. The molecule has 20 heavy (non-hydrogen) atoms. The van der Waals surface area contributed by atoms with Crippen molar-refractivity contribution in [1.82, 2.24) is 15.2 Å². The van der Waals surface area contributed by atoms with Crippen LogP contribution in [0.25, 0.3) is 10.9 Å². The van der Waals surface area contributed by atoms with Gasteiger partial charge in [0.15, 0.2) is 5.82 Å². The third-order valence-corrected chi connectivity index (χ3v) is 3.10. The smallest absolute Gasteiger partial charge is 0.230 e. The molecule has 1 amide bonds. The first-order valence-corrected chi connectivity index (χ1v) is 6.37. The summed E-state index contributed by atoms with van der Waals surface area (Å²) in [6.45, 7) is 1.85. The van der Waals surface area contributed by atoms with Crippen molar-refractivity contribution < 1.29 is 4.79 Å². The molecule has 0 unspecified atom stereocenters. The Kier molecular flexibility index (Phi) is 3.16. The zero-order chi connectivity index (χ0) is 13.9. The number of anilines is 1. The molecule has 3 rings (SSSR count). The summed E-state index contributed by atoms with van der Waals surface area (Å²) in [4.78, 5) is 15.2. The van der Waals surface area contributed by atoms with Gasteiger partial charge in [-0.1, -0.05) is 12.1 Å². The van der Waals surface area contributed by atoms with Crippen LogP contribution in [-0.4, -0.2) is 21.1 Å². The van der Waals surface area contributed by atoms with E-state index in [0.29, 0.717) is 12.2 Å². The van der Waals surface area contributed by atoms with Crippen molar-refractivity contribution in [3.8, 4) is 0 Å². The molecular weight excluding hydrogens is 252 g/mol.